The van der Waals surface area contributed by atoms with Crippen LogP contribution in [-0.4, -0.2) is 45.5 Å². The van der Waals surface area contributed by atoms with Crippen molar-refractivity contribution in [1.82, 2.24) is 5.32 Å². The smallest absolute Gasteiger partial charge is 0.407 e. The second-order valence-corrected chi connectivity index (χ2v) is 2.43. The lowest BCUT2D eigenvalue weighted by Gasteiger charge is -2.06. The number of hydrogen-bond acceptors (Lipinski definition) is 5. The summed E-state index contributed by atoms with van der Waals surface area (Å²) in [6, 6.07) is 0. The zero-order valence-corrected chi connectivity index (χ0v) is 8.65. The molecule has 0 heterocycles. The minimum Gasteiger partial charge on any atom is -0.461 e. The Bertz CT molecular complexity index is 222. The molecule has 15 heavy (non-hydrogen) atoms. The van der Waals surface area contributed by atoms with Crippen molar-refractivity contribution in [1.29, 1.82) is 0 Å². The first-order chi connectivity index (χ1) is 7.20. The van der Waals surface area contributed by atoms with Crippen molar-refractivity contribution in [2.75, 3.05) is 33.5 Å². The third kappa shape index (κ3) is 8.76. The van der Waals surface area contributed by atoms with Crippen molar-refractivity contribution in [3.8, 4) is 0 Å². The van der Waals surface area contributed by atoms with Gasteiger partial charge < -0.3 is 19.5 Å². The predicted octanol–water partition coefficient (Wildman–Crippen LogP) is 0.334. The van der Waals surface area contributed by atoms with Gasteiger partial charge in [-0.05, 0) is 0 Å². The summed E-state index contributed by atoms with van der Waals surface area (Å²) >= 11 is 0. The number of alkyl carbamates (subject to hydrolysis) is 1. The molecule has 0 bridgehead atoms. The quantitative estimate of drug-likeness (QED) is 0.379. The van der Waals surface area contributed by atoms with E-state index in [1.165, 1.54) is 7.11 Å². The van der Waals surface area contributed by atoms with Crippen LogP contribution in [0.25, 0.3) is 0 Å². The number of ether oxygens (including phenoxy) is 3. The van der Waals surface area contributed by atoms with Gasteiger partial charge in [-0.1, -0.05) is 6.58 Å². The number of carbonyl (C=O) groups excluding carboxylic acids is 2. The van der Waals surface area contributed by atoms with Gasteiger partial charge in [-0.15, -0.1) is 0 Å². The van der Waals surface area contributed by atoms with Crippen LogP contribution in [0.4, 0.5) is 4.79 Å². The molecule has 6 nitrogen and oxygen atoms in total. The molecule has 0 unspecified atom stereocenters. The summed E-state index contributed by atoms with van der Waals surface area (Å²) in [6.07, 6.45) is 0.485. The van der Waals surface area contributed by atoms with E-state index >= 15 is 0 Å². The van der Waals surface area contributed by atoms with E-state index in [0.717, 1.165) is 6.08 Å². The van der Waals surface area contributed by atoms with Crippen LogP contribution in [0.1, 0.15) is 1.43 Å². The van der Waals surface area contributed by atoms with E-state index in [0.29, 0.717) is 6.61 Å². The summed E-state index contributed by atoms with van der Waals surface area (Å²) < 4.78 is 14.0. The molecule has 88 valence electrons. The third-order valence-corrected chi connectivity index (χ3v) is 1.30. The number of esters is 1. The van der Waals surface area contributed by atoms with Crippen molar-refractivity contribution in [2.45, 2.75) is 0 Å². The molecule has 0 saturated carbocycles. The molecule has 0 aliphatic heterocycles. The molecule has 0 aliphatic rings. The van der Waals surface area contributed by atoms with Crippen LogP contribution < -0.4 is 5.32 Å². The Morgan fingerprint density at radius 1 is 1.33 bits per heavy atom. The van der Waals surface area contributed by atoms with Crippen molar-refractivity contribution in [3.63, 3.8) is 0 Å². The molecule has 0 fully saturated rings. The number of amides is 1. The summed E-state index contributed by atoms with van der Waals surface area (Å²) in [5.74, 6) is -0.524. The second-order valence-electron chi connectivity index (χ2n) is 2.43. The van der Waals surface area contributed by atoms with Gasteiger partial charge in [0.05, 0.1) is 13.2 Å². The largest absolute Gasteiger partial charge is 0.461 e. The van der Waals surface area contributed by atoms with E-state index in [2.05, 4.69) is 26.1 Å². The first-order valence-electron chi connectivity index (χ1n) is 4.39. The number of nitrogens with one attached hydrogen (secondary N) is 1. The van der Waals surface area contributed by atoms with Crippen LogP contribution in [0, 0.1) is 0 Å². The molecule has 0 atom stereocenters. The number of methoxy groups -OCH3 is 1. The zero-order chi connectivity index (χ0) is 11.5. The van der Waals surface area contributed by atoms with Crippen molar-refractivity contribution >= 4 is 12.1 Å². The van der Waals surface area contributed by atoms with Gasteiger partial charge in [0.1, 0.15) is 13.2 Å². The average molecular weight is 219 g/mol. The Morgan fingerprint density at radius 3 is 2.67 bits per heavy atom. The summed E-state index contributed by atoms with van der Waals surface area (Å²) in [4.78, 5) is 21.4. The Hall–Kier alpha value is -1.56. The van der Waals surface area contributed by atoms with Gasteiger partial charge in [-0.3, -0.25) is 0 Å². The topological polar surface area (TPSA) is 73.9 Å². The highest BCUT2D eigenvalue weighted by Crippen LogP contribution is 1.80. The highest BCUT2D eigenvalue weighted by molar-refractivity contribution is 5.81. The maximum atomic E-state index is 10.9. The second kappa shape index (κ2) is 9.01. The van der Waals surface area contributed by atoms with Crippen molar-refractivity contribution in [3.05, 3.63) is 12.7 Å². The molecular weight excluding hydrogens is 202 g/mol. The lowest BCUT2D eigenvalue weighted by Crippen LogP contribution is -2.29. The summed E-state index contributed by atoms with van der Waals surface area (Å²) in [6.45, 7) is 4.05. The van der Waals surface area contributed by atoms with Gasteiger partial charge in [0.2, 0.25) is 0 Å². The van der Waals surface area contributed by atoms with E-state index in [1.54, 1.807) is 0 Å². The lowest BCUT2D eigenvalue weighted by molar-refractivity contribution is -0.137. The molecule has 0 rings (SSSR count). The third-order valence-electron chi connectivity index (χ3n) is 1.30. The average Bonchev–Trinajstić information content (AvgIpc) is 2.24. The van der Waals surface area contributed by atoms with Gasteiger partial charge in [0, 0.05) is 14.6 Å². The normalized spacial score (nSPS) is 9.13. The molecule has 0 aromatic heterocycles. The van der Waals surface area contributed by atoms with Crippen LogP contribution in [0.2, 0.25) is 0 Å². The van der Waals surface area contributed by atoms with E-state index < -0.39 is 12.1 Å². The van der Waals surface area contributed by atoms with Crippen LogP contribution in [0.3, 0.4) is 0 Å². The minimum atomic E-state index is -0.568. The molecule has 0 aliphatic carbocycles. The highest BCUT2D eigenvalue weighted by atomic mass is 16.6. The maximum absolute atomic E-state index is 10.9. The fraction of sp³-hybridized carbons (Fsp3) is 0.556. The van der Waals surface area contributed by atoms with Crippen molar-refractivity contribution in [2.24, 2.45) is 0 Å². The van der Waals surface area contributed by atoms with Crippen LogP contribution in [-0.2, 0) is 19.0 Å². The number of rotatable bonds is 7. The van der Waals surface area contributed by atoms with Gasteiger partial charge >= 0.3 is 12.1 Å². The van der Waals surface area contributed by atoms with Gasteiger partial charge in [-0.2, -0.15) is 0 Å². The van der Waals surface area contributed by atoms with Crippen LogP contribution >= 0.6 is 0 Å². The van der Waals surface area contributed by atoms with E-state index in [4.69, 9.17) is 0 Å². The molecule has 0 radical (unpaired) electrons. The Labute approximate surface area is 89.7 Å². The van der Waals surface area contributed by atoms with Crippen molar-refractivity contribution < 1.29 is 25.2 Å². The van der Waals surface area contributed by atoms with Crippen LogP contribution in [0.15, 0.2) is 12.7 Å². The Kier molecular flexibility index (Phi) is 8.08. The molecular formula is C9H17NO5. The SMILES string of the molecule is C=CC(=O)OCCNC(=O)OCCOC.[HH]. The van der Waals surface area contributed by atoms with Gasteiger partial charge in [0.15, 0.2) is 0 Å². The fourth-order valence-corrected chi connectivity index (χ4v) is 0.632. The summed E-state index contributed by atoms with van der Waals surface area (Å²) in [7, 11) is 1.51. The number of carbonyl (C=O) groups is 2. The van der Waals surface area contributed by atoms with Crippen LogP contribution in [0.5, 0.6) is 0 Å². The zero-order valence-electron chi connectivity index (χ0n) is 8.65. The summed E-state index contributed by atoms with van der Waals surface area (Å²) in [5.41, 5.74) is 0. The molecule has 1 N–H and O–H groups in total. The predicted molar refractivity (Wildman–Crippen MR) is 54.5 cm³/mol. The highest BCUT2D eigenvalue weighted by Gasteiger charge is 2.01. The lowest BCUT2D eigenvalue weighted by atomic mass is 10.6. The van der Waals surface area contributed by atoms with Gasteiger partial charge in [0.25, 0.3) is 0 Å². The Morgan fingerprint density at radius 2 is 2.07 bits per heavy atom. The van der Waals surface area contributed by atoms with E-state index in [9.17, 15) is 9.59 Å². The Balaban J connectivity index is 0. The molecule has 1 amide bonds. The molecule has 0 aromatic rings. The van der Waals surface area contributed by atoms with E-state index in [-0.39, 0.29) is 21.2 Å². The molecule has 0 aromatic carbocycles. The molecule has 0 spiro atoms. The molecule has 0 saturated heterocycles. The van der Waals surface area contributed by atoms with E-state index in [1.807, 2.05) is 0 Å². The minimum absolute atomic E-state index is 0. The monoisotopic (exact) mass is 219 g/mol. The first-order valence-corrected chi connectivity index (χ1v) is 4.39. The maximum Gasteiger partial charge on any atom is 0.407 e. The summed E-state index contributed by atoms with van der Waals surface area (Å²) in [5, 5.41) is 2.39. The first kappa shape index (κ1) is 13.4. The number of hydrogen-bond donors (Lipinski definition) is 1. The standard InChI is InChI=1S/C9H15NO5.H2/c1-3-8(11)14-5-4-10-9(12)15-7-6-13-2;/h3H,1,4-7H2,2H3,(H,10,12);1H. The van der Waals surface area contributed by atoms with Gasteiger partial charge in [-0.25, -0.2) is 9.59 Å². The molecule has 6 heteroatoms. The fourth-order valence-electron chi connectivity index (χ4n) is 0.632.